The molecule has 9 heteroatoms. The molecule has 0 saturated heterocycles. The summed E-state index contributed by atoms with van der Waals surface area (Å²) in [5.74, 6) is -0.623. The van der Waals surface area contributed by atoms with Gasteiger partial charge in [-0.15, -0.1) is 0 Å². The van der Waals surface area contributed by atoms with E-state index in [1.807, 2.05) is 29.2 Å². The average Bonchev–Trinajstić information content (AvgIpc) is 3.23. The van der Waals surface area contributed by atoms with Crippen molar-refractivity contribution in [3.8, 4) is 0 Å². The van der Waals surface area contributed by atoms with Gasteiger partial charge in [-0.05, 0) is 104 Å². The fraction of sp³-hybridized carbons (Fsp3) is 0.568. The molecular formula is C37H49Cl2N3O4. The maximum absolute atomic E-state index is 14.6. The first-order valence-corrected chi connectivity index (χ1v) is 17.2. The van der Waals surface area contributed by atoms with Gasteiger partial charge < -0.3 is 15.3 Å². The average molecular weight is 671 g/mol. The number of rotatable bonds is 11. The van der Waals surface area contributed by atoms with Crippen LogP contribution in [0.4, 0.5) is 0 Å². The molecule has 1 fully saturated rings. The highest BCUT2D eigenvalue weighted by molar-refractivity contribution is 6.47. The van der Waals surface area contributed by atoms with Crippen LogP contribution < -0.4 is 5.32 Å². The molecule has 1 saturated carbocycles. The molecule has 1 aliphatic carbocycles. The van der Waals surface area contributed by atoms with E-state index in [0.717, 1.165) is 44.1 Å². The number of amides is 2. The SMILES string of the molecule is CC(C)(C)CCC(c1ccc(C(=O)NCCCCC(=O)O)cc1)N1C(=O)C(c2cc(Cl)cc(Cl)c2)=NC12CCC(C(C)(C)C)CC2. The number of aliphatic carboxylic acids is 1. The third-order valence-electron chi connectivity index (χ3n) is 9.48. The number of aliphatic imine (C=N–C) groups is 1. The molecule has 1 heterocycles. The molecule has 1 unspecified atom stereocenters. The number of nitrogens with zero attached hydrogens (tertiary/aromatic N) is 2. The van der Waals surface area contributed by atoms with Gasteiger partial charge in [-0.2, -0.15) is 0 Å². The van der Waals surface area contributed by atoms with E-state index >= 15 is 0 Å². The van der Waals surface area contributed by atoms with Gasteiger partial charge in [0.25, 0.3) is 11.8 Å². The van der Waals surface area contributed by atoms with Crippen LogP contribution in [0.5, 0.6) is 0 Å². The summed E-state index contributed by atoms with van der Waals surface area (Å²) < 4.78 is 0. The standard InChI is InChI=1S/C37H49Cl2N3O4/c1-35(2,3)17-16-30(24-10-12-25(13-11-24)33(45)40-20-8-7-9-31(43)44)42-34(46)32(26-21-28(38)23-29(39)22-26)41-37(42)18-14-27(15-19-37)36(4,5)6/h10-13,21-23,27,30H,7-9,14-20H2,1-6H3,(H,40,45)(H,43,44). The molecule has 2 N–H and O–H groups in total. The lowest BCUT2D eigenvalue weighted by molar-refractivity contribution is -0.137. The first-order valence-electron chi connectivity index (χ1n) is 16.5. The number of carboxylic acids is 1. The Labute approximate surface area is 284 Å². The lowest BCUT2D eigenvalue weighted by atomic mass is 9.69. The van der Waals surface area contributed by atoms with Crippen molar-refractivity contribution in [2.75, 3.05) is 6.54 Å². The summed E-state index contributed by atoms with van der Waals surface area (Å²) >= 11 is 12.8. The normalized spacial score (nSPS) is 21.0. The van der Waals surface area contributed by atoms with E-state index in [4.69, 9.17) is 33.3 Å². The molecule has 1 aliphatic heterocycles. The predicted molar refractivity (Wildman–Crippen MR) is 186 cm³/mol. The molecule has 250 valence electrons. The van der Waals surface area contributed by atoms with Crippen LogP contribution >= 0.6 is 23.2 Å². The van der Waals surface area contributed by atoms with Gasteiger partial charge >= 0.3 is 5.97 Å². The molecule has 2 aromatic carbocycles. The Bertz CT molecular complexity index is 1430. The summed E-state index contributed by atoms with van der Waals surface area (Å²) in [4.78, 5) is 45.6. The largest absolute Gasteiger partial charge is 0.481 e. The number of carboxylic acid groups (broad SMARTS) is 1. The maximum atomic E-state index is 14.6. The van der Waals surface area contributed by atoms with Crippen LogP contribution in [0.25, 0.3) is 0 Å². The Balaban J connectivity index is 1.68. The van der Waals surface area contributed by atoms with Crippen molar-refractivity contribution in [2.45, 2.75) is 111 Å². The summed E-state index contributed by atoms with van der Waals surface area (Å²) in [6.07, 6.45) is 6.31. The number of halogens is 2. The maximum Gasteiger partial charge on any atom is 0.303 e. The summed E-state index contributed by atoms with van der Waals surface area (Å²) in [5, 5.41) is 12.6. The zero-order valence-corrected chi connectivity index (χ0v) is 29.6. The number of hydrogen-bond acceptors (Lipinski definition) is 4. The van der Waals surface area contributed by atoms with Crippen LogP contribution in [-0.4, -0.2) is 45.7 Å². The van der Waals surface area contributed by atoms with Gasteiger partial charge in [0.1, 0.15) is 11.4 Å². The van der Waals surface area contributed by atoms with Crippen LogP contribution in [-0.2, 0) is 9.59 Å². The highest BCUT2D eigenvalue weighted by Gasteiger charge is 2.52. The number of benzene rings is 2. The van der Waals surface area contributed by atoms with Gasteiger partial charge in [-0.3, -0.25) is 19.4 Å². The van der Waals surface area contributed by atoms with Crippen LogP contribution in [0.1, 0.15) is 127 Å². The highest BCUT2D eigenvalue weighted by atomic mass is 35.5. The second-order valence-corrected chi connectivity index (χ2v) is 16.1. The van der Waals surface area contributed by atoms with E-state index in [9.17, 15) is 14.4 Å². The number of nitrogens with one attached hydrogen (secondary N) is 1. The summed E-state index contributed by atoms with van der Waals surface area (Å²) in [5.41, 5.74) is 2.05. The Morgan fingerprint density at radius 2 is 1.61 bits per heavy atom. The smallest absolute Gasteiger partial charge is 0.303 e. The Hall–Kier alpha value is -2.90. The molecule has 4 rings (SSSR count). The van der Waals surface area contributed by atoms with Gasteiger partial charge in [0.15, 0.2) is 0 Å². The fourth-order valence-electron chi connectivity index (χ4n) is 6.80. The van der Waals surface area contributed by atoms with Crippen molar-refractivity contribution >= 4 is 46.7 Å². The van der Waals surface area contributed by atoms with Crippen molar-refractivity contribution < 1.29 is 19.5 Å². The number of hydrogen-bond donors (Lipinski definition) is 2. The van der Waals surface area contributed by atoms with E-state index in [1.54, 1.807) is 18.2 Å². The zero-order chi connectivity index (χ0) is 33.9. The summed E-state index contributed by atoms with van der Waals surface area (Å²) in [7, 11) is 0. The topological polar surface area (TPSA) is 99.1 Å². The quantitative estimate of drug-likeness (QED) is 0.233. The number of unbranched alkanes of at least 4 members (excludes halogenated alkanes) is 1. The minimum Gasteiger partial charge on any atom is -0.481 e. The molecule has 2 aromatic rings. The lowest BCUT2D eigenvalue weighted by Gasteiger charge is -2.47. The first kappa shape index (κ1) is 35.9. The van der Waals surface area contributed by atoms with E-state index in [-0.39, 0.29) is 35.1 Å². The second kappa shape index (κ2) is 14.5. The zero-order valence-electron chi connectivity index (χ0n) is 28.1. The minimum absolute atomic E-state index is 0.0444. The highest BCUT2D eigenvalue weighted by Crippen LogP contribution is 2.50. The molecule has 46 heavy (non-hydrogen) atoms. The van der Waals surface area contributed by atoms with E-state index in [1.165, 1.54) is 0 Å². The molecule has 0 aromatic heterocycles. The Morgan fingerprint density at radius 1 is 1.00 bits per heavy atom. The van der Waals surface area contributed by atoms with Gasteiger partial charge in [0.2, 0.25) is 0 Å². The molecule has 7 nitrogen and oxygen atoms in total. The molecule has 0 bridgehead atoms. The van der Waals surface area contributed by atoms with E-state index in [2.05, 4.69) is 46.9 Å². The van der Waals surface area contributed by atoms with Gasteiger partial charge in [-0.1, -0.05) is 76.9 Å². The van der Waals surface area contributed by atoms with Gasteiger partial charge in [-0.25, -0.2) is 0 Å². The molecule has 1 atom stereocenters. The third-order valence-corrected chi connectivity index (χ3v) is 9.91. The first-order chi connectivity index (χ1) is 21.5. The Kier molecular flexibility index (Phi) is 11.3. The molecular weight excluding hydrogens is 621 g/mol. The molecule has 1 spiro atoms. The Morgan fingerprint density at radius 3 is 2.15 bits per heavy atom. The molecule has 2 amide bonds. The van der Waals surface area contributed by atoms with Crippen molar-refractivity contribution in [2.24, 2.45) is 21.7 Å². The monoisotopic (exact) mass is 669 g/mol. The number of carbonyl (C=O) groups excluding carboxylic acids is 2. The second-order valence-electron chi connectivity index (χ2n) is 15.3. The van der Waals surface area contributed by atoms with Crippen molar-refractivity contribution in [1.29, 1.82) is 0 Å². The summed E-state index contributed by atoms with van der Waals surface area (Å²) in [6, 6.07) is 12.5. The van der Waals surface area contributed by atoms with Gasteiger partial charge in [0.05, 0.1) is 6.04 Å². The summed E-state index contributed by atoms with van der Waals surface area (Å²) in [6.45, 7) is 13.9. The van der Waals surface area contributed by atoms with Gasteiger partial charge in [0, 0.05) is 34.1 Å². The van der Waals surface area contributed by atoms with Crippen LogP contribution in [0.3, 0.4) is 0 Å². The molecule has 2 aliphatic rings. The fourth-order valence-corrected chi connectivity index (χ4v) is 7.32. The minimum atomic E-state index is -0.836. The van der Waals surface area contributed by atoms with E-state index < -0.39 is 11.6 Å². The predicted octanol–water partition coefficient (Wildman–Crippen LogP) is 9.11. The van der Waals surface area contributed by atoms with Crippen LogP contribution in [0.2, 0.25) is 10.0 Å². The van der Waals surface area contributed by atoms with Crippen LogP contribution in [0.15, 0.2) is 47.5 Å². The van der Waals surface area contributed by atoms with Crippen LogP contribution in [0, 0.1) is 16.7 Å². The number of carbonyl (C=O) groups is 3. The molecule has 0 radical (unpaired) electrons. The third kappa shape index (κ3) is 8.92. The van der Waals surface area contributed by atoms with E-state index in [0.29, 0.717) is 52.2 Å². The van der Waals surface area contributed by atoms with Crippen molar-refractivity contribution in [3.05, 3.63) is 69.2 Å². The van der Waals surface area contributed by atoms with Crippen molar-refractivity contribution in [3.63, 3.8) is 0 Å². The lowest BCUT2D eigenvalue weighted by Crippen LogP contribution is -2.51. The van der Waals surface area contributed by atoms with Crippen molar-refractivity contribution in [1.82, 2.24) is 10.2 Å².